The molecule has 0 unspecified atom stereocenters. The summed E-state index contributed by atoms with van der Waals surface area (Å²) >= 11 is 0. The number of nitrogens with zero attached hydrogens (tertiary/aromatic N) is 14. The van der Waals surface area contributed by atoms with E-state index in [1.807, 2.05) is 6.92 Å². The Balaban J connectivity index is 1.53. The monoisotopic (exact) mass is 450 g/mol. The SMILES string of the molecule is Cc1nnnn1C[C@@H](C)n1nnc2cc3c(=O)n([C@H](C)Cn4ncnn4)nnc3cc2c1=O. The first-order chi connectivity index (χ1) is 15.9. The molecular weight excluding hydrogens is 432 g/mol. The highest BCUT2D eigenvalue weighted by atomic mass is 16.1. The fourth-order valence-electron chi connectivity index (χ4n) is 3.51. The van der Waals surface area contributed by atoms with Crippen LogP contribution in [-0.4, -0.2) is 70.4 Å². The minimum Gasteiger partial charge on any atom is -0.267 e. The molecule has 0 aliphatic rings. The molecule has 0 radical (unpaired) electrons. The molecule has 2 atom stereocenters. The van der Waals surface area contributed by atoms with Crippen molar-refractivity contribution in [3.05, 3.63) is 45.0 Å². The van der Waals surface area contributed by atoms with E-state index < -0.39 is 0 Å². The lowest BCUT2D eigenvalue weighted by Gasteiger charge is -2.14. The van der Waals surface area contributed by atoms with Crippen LogP contribution in [-0.2, 0) is 13.1 Å². The van der Waals surface area contributed by atoms with Crippen LogP contribution in [0.15, 0.2) is 28.0 Å². The van der Waals surface area contributed by atoms with Crippen LogP contribution in [0, 0.1) is 6.92 Å². The van der Waals surface area contributed by atoms with Gasteiger partial charge in [-0.3, -0.25) is 9.59 Å². The molecule has 168 valence electrons. The van der Waals surface area contributed by atoms with E-state index >= 15 is 0 Å². The van der Waals surface area contributed by atoms with Gasteiger partial charge < -0.3 is 0 Å². The number of benzene rings is 1. The highest BCUT2D eigenvalue weighted by Crippen LogP contribution is 2.16. The summed E-state index contributed by atoms with van der Waals surface area (Å²) < 4.78 is 4.08. The van der Waals surface area contributed by atoms with Crippen LogP contribution in [0.4, 0.5) is 0 Å². The van der Waals surface area contributed by atoms with Crippen LogP contribution in [0.25, 0.3) is 21.8 Å². The van der Waals surface area contributed by atoms with Crippen molar-refractivity contribution in [1.29, 1.82) is 0 Å². The quantitative estimate of drug-likeness (QED) is 0.279. The zero-order chi connectivity index (χ0) is 23.1. The normalized spacial score (nSPS) is 13.5. The van der Waals surface area contributed by atoms with Gasteiger partial charge in [-0.2, -0.15) is 4.80 Å². The van der Waals surface area contributed by atoms with E-state index in [1.165, 1.54) is 32.6 Å². The minimum absolute atomic E-state index is 0.278. The first-order valence-corrected chi connectivity index (χ1v) is 10.0. The molecule has 16 nitrogen and oxygen atoms in total. The number of fused-ring (bicyclic) bond motifs is 2. The summed E-state index contributed by atoms with van der Waals surface area (Å²) in [6.07, 6.45) is 1.31. The molecule has 5 aromatic rings. The lowest BCUT2D eigenvalue weighted by molar-refractivity contribution is 0.354. The van der Waals surface area contributed by atoms with Gasteiger partial charge in [-0.25, -0.2) is 14.0 Å². The summed E-state index contributed by atoms with van der Waals surface area (Å²) in [5, 5.41) is 39.7. The second-order valence-corrected chi connectivity index (χ2v) is 7.66. The van der Waals surface area contributed by atoms with Gasteiger partial charge in [-0.05, 0) is 48.5 Å². The highest BCUT2D eigenvalue weighted by Gasteiger charge is 2.18. The van der Waals surface area contributed by atoms with Crippen LogP contribution in [0.3, 0.4) is 0 Å². The summed E-state index contributed by atoms with van der Waals surface area (Å²) in [4.78, 5) is 27.5. The van der Waals surface area contributed by atoms with Gasteiger partial charge >= 0.3 is 0 Å². The van der Waals surface area contributed by atoms with E-state index in [9.17, 15) is 9.59 Å². The Labute approximate surface area is 183 Å². The summed E-state index contributed by atoms with van der Waals surface area (Å²) in [7, 11) is 0. The second-order valence-electron chi connectivity index (χ2n) is 7.66. The predicted molar refractivity (Wildman–Crippen MR) is 111 cm³/mol. The van der Waals surface area contributed by atoms with Crippen molar-refractivity contribution >= 4 is 21.8 Å². The van der Waals surface area contributed by atoms with Crippen molar-refractivity contribution in [2.75, 3.05) is 0 Å². The van der Waals surface area contributed by atoms with E-state index in [0.717, 1.165) is 0 Å². The zero-order valence-corrected chi connectivity index (χ0v) is 17.9. The number of aryl methyl sites for hydroxylation is 1. The topological polar surface area (TPSA) is 183 Å². The minimum atomic E-state index is -0.381. The molecule has 0 aliphatic heterocycles. The van der Waals surface area contributed by atoms with Crippen molar-refractivity contribution in [3.63, 3.8) is 0 Å². The molecule has 0 amide bonds. The summed E-state index contributed by atoms with van der Waals surface area (Å²) in [5.41, 5.74) is -0.160. The van der Waals surface area contributed by atoms with E-state index in [-0.39, 0.29) is 51.6 Å². The van der Waals surface area contributed by atoms with Gasteiger partial charge in [0.05, 0.1) is 35.9 Å². The lowest BCUT2D eigenvalue weighted by atomic mass is 10.1. The molecule has 0 fully saturated rings. The van der Waals surface area contributed by atoms with Gasteiger partial charge in [-0.1, -0.05) is 10.4 Å². The maximum absolute atomic E-state index is 13.1. The van der Waals surface area contributed by atoms with Gasteiger partial charge in [-0.15, -0.1) is 25.5 Å². The average Bonchev–Trinajstić information content (AvgIpc) is 3.45. The maximum Gasteiger partial charge on any atom is 0.277 e. The number of hydrogen-bond donors (Lipinski definition) is 0. The summed E-state index contributed by atoms with van der Waals surface area (Å²) in [6, 6.07) is 2.27. The van der Waals surface area contributed by atoms with E-state index in [4.69, 9.17) is 0 Å². The second kappa shape index (κ2) is 7.88. The van der Waals surface area contributed by atoms with Crippen molar-refractivity contribution in [3.8, 4) is 0 Å². The van der Waals surface area contributed by atoms with Crippen LogP contribution in [0.2, 0.25) is 0 Å². The molecule has 0 aliphatic carbocycles. The largest absolute Gasteiger partial charge is 0.277 e. The first-order valence-electron chi connectivity index (χ1n) is 10.0. The molecule has 5 rings (SSSR count). The standard InChI is InChI=1S/C17H18N14O2/c1-9(6-28-11(3)20-23-27-28)30-16(32)12-4-15-13(5-14(12)21-25-30)17(33)31(26-22-15)10(2)7-29-19-8-18-24-29/h4-5,8-10H,6-7H2,1-3H3/t9-,10-/m1/s1. The molecular formula is C17H18N14O2. The first kappa shape index (κ1) is 20.4. The Morgan fingerprint density at radius 3 is 1.94 bits per heavy atom. The smallest absolute Gasteiger partial charge is 0.267 e. The number of aromatic nitrogens is 14. The number of rotatable bonds is 6. The highest BCUT2D eigenvalue weighted by molar-refractivity contribution is 5.93. The number of hydrogen-bond acceptors (Lipinski definition) is 12. The van der Waals surface area contributed by atoms with E-state index in [1.54, 1.807) is 18.5 Å². The molecule has 16 heteroatoms. The van der Waals surface area contributed by atoms with Crippen molar-refractivity contribution in [2.45, 2.75) is 45.9 Å². The van der Waals surface area contributed by atoms with Crippen molar-refractivity contribution in [2.24, 2.45) is 0 Å². The van der Waals surface area contributed by atoms with Gasteiger partial charge in [0.25, 0.3) is 11.1 Å². The third-order valence-electron chi connectivity index (χ3n) is 5.29. The van der Waals surface area contributed by atoms with Crippen molar-refractivity contribution < 1.29 is 0 Å². The maximum atomic E-state index is 13.1. The molecule has 33 heavy (non-hydrogen) atoms. The molecule has 0 spiro atoms. The molecule has 0 bridgehead atoms. The Kier molecular flexibility index (Phi) is 4.87. The van der Waals surface area contributed by atoms with Crippen LogP contribution in [0.1, 0.15) is 31.8 Å². The van der Waals surface area contributed by atoms with Gasteiger partial charge in [0.2, 0.25) is 0 Å². The molecule has 4 heterocycles. The predicted octanol–water partition coefficient (Wildman–Crippen LogP) is -1.30. The number of tetrazole rings is 2. The molecule has 0 saturated carbocycles. The zero-order valence-electron chi connectivity index (χ0n) is 17.9. The fraction of sp³-hybridized carbons (Fsp3) is 0.412. The van der Waals surface area contributed by atoms with Crippen LogP contribution in [0.5, 0.6) is 0 Å². The lowest BCUT2D eigenvalue weighted by Crippen LogP contribution is -2.31. The average molecular weight is 450 g/mol. The van der Waals surface area contributed by atoms with Gasteiger partial charge in [0, 0.05) is 0 Å². The summed E-state index contributed by atoms with van der Waals surface area (Å²) in [6.45, 7) is 6.00. The Bertz CT molecular complexity index is 1570. The summed E-state index contributed by atoms with van der Waals surface area (Å²) in [5.74, 6) is 0.620. The van der Waals surface area contributed by atoms with Gasteiger partial charge in [0.1, 0.15) is 16.9 Å². The molecule has 0 saturated heterocycles. The van der Waals surface area contributed by atoms with Crippen molar-refractivity contribution in [1.82, 2.24) is 70.4 Å². The molecule has 4 aromatic heterocycles. The third-order valence-corrected chi connectivity index (χ3v) is 5.29. The van der Waals surface area contributed by atoms with E-state index in [2.05, 4.69) is 51.6 Å². The Morgan fingerprint density at radius 2 is 1.42 bits per heavy atom. The van der Waals surface area contributed by atoms with E-state index in [0.29, 0.717) is 12.4 Å². The molecule has 1 aromatic carbocycles. The van der Waals surface area contributed by atoms with Gasteiger partial charge in [0.15, 0.2) is 6.33 Å². The Morgan fingerprint density at radius 1 is 0.818 bits per heavy atom. The van der Waals surface area contributed by atoms with Crippen LogP contribution < -0.4 is 11.1 Å². The Hall–Kier alpha value is -4.50. The van der Waals surface area contributed by atoms with Crippen LogP contribution >= 0.6 is 0 Å². The fourth-order valence-corrected chi connectivity index (χ4v) is 3.51. The molecule has 0 N–H and O–H groups in total. The third kappa shape index (κ3) is 3.60.